The summed E-state index contributed by atoms with van der Waals surface area (Å²) in [4.78, 5) is 24.8. The van der Waals surface area contributed by atoms with Gasteiger partial charge in [-0.15, -0.1) is 0 Å². The summed E-state index contributed by atoms with van der Waals surface area (Å²) in [7, 11) is 0. The first-order valence-corrected chi connectivity index (χ1v) is 18.1. The van der Waals surface area contributed by atoms with Crippen molar-refractivity contribution in [2.75, 3.05) is 0 Å². The Morgan fingerprint density at radius 3 is 1.39 bits per heavy atom. The third-order valence-electron chi connectivity index (χ3n) is 10.4. The van der Waals surface area contributed by atoms with E-state index in [4.69, 9.17) is 19.9 Å². The Balaban J connectivity index is 0.911. The predicted octanol–water partition coefficient (Wildman–Crippen LogP) is 12.2. The number of pyridine rings is 5. The summed E-state index contributed by atoms with van der Waals surface area (Å²) in [6.45, 7) is 0. The van der Waals surface area contributed by atoms with Crippen molar-refractivity contribution >= 4 is 65.3 Å². The van der Waals surface area contributed by atoms with Gasteiger partial charge in [-0.1, -0.05) is 109 Å². The fourth-order valence-electron chi connectivity index (χ4n) is 7.55. The number of rotatable bonds is 4. The largest absolute Gasteiger partial charge is 0.254 e. The summed E-state index contributed by atoms with van der Waals surface area (Å²) in [5.41, 5.74) is 12.6. The van der Waals surface area contributed by atoms with E-state index in [2.05, 4.69) is 138 Å². The zero-order valence-corrected chi connectivity index (χ0v) is 29.0. The van der Waals surface area contributed by atoms with E-state index in [1.807, 2.05) is 42.6 Å². The Kier molecular flexibility index (Phi) is 6.79. The number of fused-ring (bicyclic) bond motifs is 7. The van der Waals surface area contributed by atoms with Gasteiger partial charge in [0.1, 0.15) is 0 Å². The lowest BCUT2D eigenvalue weighted by Crippen LogP contribution is -1.90. The van der Waals surface area contributed by atoms with Crippen LogP contribution in [0, 0.1) is 0 Å². The lowest BCUT2D eigenvalue weighted by molar-refractivity contribution is 1.32. The molecule has 250 valence electrons. The van der Waals surface area contributed by atoms with Crippen LogP contribution in [0.15, 0.2) is 176 Å². The first-order valence-electron chi connectivity index (χ1n) is 18.1. The van der Waals surface area contributed by atoms with Crippen molar-refractivity contribution in [2.45, 2.75) is 0 Å². The molecule has 54 heavy (non-hydrogen) atoms. The number of aromatic nitrogens is 5. The molecule has 0 bridgehead atoms. The Hall–Kier alpha value is -7.37. The number of hydrogen-bond acceptors (Lipinski definition) is 5. The maximum absolute atomic E-state index is 5.16. The lowest BCUT2D eigenvalue weighted by atomic mass is 9.99. The molecule has 11 aromatic rings. The highest BCUT2D eigenvalue weighted by Crippen LogP contribution is 2.32. The van der Waals surface area contributed by atoms with Crippen LogP contribution in [0.5, 0.6) is 0 Å². The van der Waals surface area contributed by atoms with Gasteiger partial charge in [-0.3, -0.25) is 4.98 Å². The molecule has 5 aromatic heterocycles. The summed E-state index contributed by atoms with van der Waals surface area (Å²) in [6, 6.07) is 59.3. The van der Waals surface area contributed by atoms with Gasteiger partial charge < -0.3 is 0 Å². The van der Waals surface area contributed by atoms with Crippen molar-refractivity contribution in [2.24, 2.45) is 0 Å². The predicted molar refractivity (Wildman–Crippen MR) is 222 cm³/mol. The van der Waals surface area contributed by atoms with Crippen LogP contribution in [0.3, 0.4) is 0 Å². The van der Waals surface area contributed by atoms with Crippen LogP contribution in [0.25, 0.3) is 110 Å². The van der Waals surface area contributed by atoms with E-state index in [1.165, 1.54) is 0 Å². The Bertz CT molecular complexity index is 3300. The highest BCUT2D eigenvalue weighted by molar-refractivity contribution is 6.03. The van der Waals surface area contributed by atoms with Crippen molar-refractivity contribution in [1.29, 1.82) is 0 Å². The Morgan fingerprint density at radius 2 is 0.704 bits per heavy atom. The molecule has 0 atom stereocenters. The molecular formula is C49H29N5. The average Bonchev–Trinajstić information content (AvgIpc) is 3.24. The molecule has 0 aliphatic heterocycles. The number of benzene rings is 6. The first-order chi connectivity index (χ1) is 26.7. The summed E-state index contributed by atoms with van der Waals surface area (Å²) in [6.07, 6.45) is 1.83. The molecule has 11 rings (SSSR count). The molecule has 0 saturated carbocycles. The van der Waals surface area contributed by atoms with Gasteiger partial charge in [0.25, 0.3) is 0 Å². The second kappa shape index (κ2) is 12.1. The standard InChI is InChI=1S/C49H29N5/c1-2-6-41-30(4-1)18-23-44(51-41)45-24-19-32-8-12-38(29-47(32)53-45)37-11-7-31-17-21-42(52-46(31)28-37)39-15-13-36-27-40(16-14-35(36)26-39)43-22-20-34-10-9-33-5-3-25-50-48(33)49(34)54-43/h1-29H. The van der Waals surface area contributed by atoms with Gasteiger partial charge >= 0.3 is 0 Å². The Labute approximate surface area is 310 Å². The SMILES string of the molecule is c1ccc2nc(-c3ccc4ccc(-c5ccc6ccc(-c7ccc8cc(-c9ccc%10ccc%11cccnc%11c%10n9)ccc8c7)nc6c5)cc4n3)ccc2c1. The molecular weight excluding hydrogens is 659 g/mol. The fraction of sp³-hybridized carbons (Fsp3) is 0. The first kappa shape index (κ1) is 30.3. The van der Waals surface area contributed by atoms with Crippen LogP contribution in [0.1, 0.15) is 0 Å². The molecule has 0 saturated heterocycles. The zero-order chi connectivity index (χ0) is 35.6. The number of nitrogens with zero attached hydrogens (tertiary/aromatic N) is 5. The van der Waals surface area contributed by atoms with Gasteiger partial charge in [0, 0.05) is 44.3 Å². The van der Waals surface area contributed by atoms with Crippen molar-refractivity contribution in [3.05, 3.63) is 176 Å². The molecule has 5 heteroatoms. The van der Waals surface area contributed by atoms with E-state index in [1.54, 1.807) is 0 Å². The molecule has 0 radical (unpaired) electrons. The monoisotopic (exact) mass is 687 g/mol. The van der Waals surface area contributed by atoms with Crippen LogP contribution in [0.4, 0.5) is 0 Å². The molecule has 6 aromatic carbocycles. The van der Waals surface area contributed by atoms with Crippen LogP contribution in [-0.2, 0) is 0 Å². The normalized spacial score (nSPS) is 11.7. The van der Waals surface area contributed by atoms with Gasteiger partial charge in [-0.2, -0.15) is 0 Å². The average molecular weight is 688 g/mol. The van der Waals surface area contributed by atoms with Gasteiger partial charge in [0.05, 0.1) is 50.4 Å². The zero-order valence-electron chi connectivity index (χ0n) is 29.0. The van der Waals surface area contributed by atoms with Gasteiger partial charge in [0.15, 0.2) is 0 Å². The molecule has 0 unspecified atom stereocenters. The minimum atomic E-state index is 0.860. The minimum Gasteiger partial charge on any atom is -0.254 e. The highest BCUT2D eigenvalue weighted by atomic mass is 14.8. The fourth-order valence-corrected chi connectivity index (χ4v) is 7.55. The number of hydrogen-bond donors (Lipinski definition) is 0. The van der Waals surface area contributed by atoms with Crippen molar-refractivity contribution in [3.8, 4) is 45.0 Å². The second-order valence-corrected chi connectivity index (χ2v) is 13.8. The molecule has 0 fully saturated rings. The summed E-state index contributed by atoms with van der Waals surface area (Å²) >= 11 is 0. The van der Waals surface area contributed by atoms with E-state index < -0.39 is 0 Å². The summed E-state index contributed by atoms with van der Waals surface area (Å²) < 4.78 is 0. The van der Waals surface area contributed by atoms with Crippen molar-refractivity contribution in [1.82, 2.24) is 24.9 Å². The molecule has 0 N–H and O–H groups in total. The molecule has 0 aliphatic rings. The molecule has 0 spiro atoms. The van der Waals surface area contributed by atoms with Crippen molar-refractivity contribution in [3.63, 3.8) is 0 Å². The van der Waals surface area contributed by atoms with Crippen LogP contribution in [0.2, 0.25) is 0 Å². The van der Waals surface area contributed by atoms with Gasteiger partial charge in [-0.25, -0.2) is 19.9 Å². The second-order valence-electron chi connectivity index (χ2n) is 13.8. The maximum atomic E-state index is 5.16. The van der Waals surface area contributed by atoms with Crippen LogP contribution < -0.4 is 0 Å². The smallest absolute Gasteiger partial charge is 0.0972 e. The van der Waals surface area contributed by atoms with Crippen molar-refractivity contribution < 1.29 is 0 Å². The topological polar surface area (TPSA) is 64.5 Å². The van der Waals surface area contributed by atoms with E-state index in [9.17, 15) is 0 Å². The molecule has 5 heterocycles. The van der Waals surface area contributed by atoms with Crippen LogP contribution >= 0.6 is 0 Å². The summed E-state index contributed by atoms with van der Waals surface area (Å²) in [5.74, 6) is 0. The van der Waals surface area contributed by atoms with E-state index >= 15 is 0 Å². The highest BCUT2D eigenvalue weighted by Gasteiger charge is 2.11. The molecule has 5 nitrogen and oxygen atoms in total. The van der Waals surface area contributed by atoms with Crippen LogP contribution in [-0.4, -0.2) is 24.9 Å². The molecule has 0 amide bonds. The quantitative estimate of drug-likeness (QED) is 0.172. The third kappa shape index (κ3) is 5.22. The van der Waals surface area contributed by atoms with E-state index in [-0.39, 0.29) is 0 Å². The Morgan fingerprint density at radius 1 is 0.259 bits per heavy atom. The van der Waals surface area contributed by atoms with E-state index in [0.717, 1.165) is 110 Å². The lowest BCUT2D eigenvalue weighted by Gasteiger charge is -2.10. The summed E-state index contributed by atoms with van der Waals surface area (Å²) in [5, 5.41) is 7.80. The minimum absolute atomic E-state index is 0.860. The van der Waals surface area contributed by atoms with Gasteiger partial charge in [-0.05, 0) is 82.6 Å². The third-order valence-corrected chi connectivity index (χ3v) is 10.4. The van der Waals surface area contributed by atoms with Gasteiger partial charge in [0.2, 0.25) is 0 Å². The maximum Gasteiger partial charge on any atom is 0.0972 e. The number of para-hydroxylation sites is 1. The van der Waals surface area contributed by atoms with E-state index in [0.29, 0.717) is 0 Å². The molecule has 0 aliphatic carbocycles.